The van der Waals surface area contributed by atoms with Crippen LogP contribution in [0.15, 0.2) is 79.0 Å². The fourth-order valence-corrected chi connectivity index (χ4v) is 6.02. The fraction of sp³-hybridized carbons (Fsp3) is 0.207. The van der Waals surface area contributed by atoms with Gasteiger partial charge in [0, 0.05) is 34.4 Å². The van der Waals surface area contributed by atoms with Gasteiger partial charge in [-0.25, -0.2) is 9.79 Å². The second kappa shape index (κ2) is 12.2. The molecule has 1 atom stereocenters. The van der Waals surface area contributed by atoms with Gasteiger partial charge in [0.05, 0.1) is 41.4 Å². The van der Waals surface area contributed by atoms with Crippen LogP contribution >= 0.6 is 27.3 Å². The number of benzene rings is 2. The van der Waals surface area contributed by atoms with Gasteiger partial charge in [0.15, 0.2) is 16.3 Å². The quantitative estimate of drug-likeness (QED) is 0.143. The van der Waals surface area contributed by atoms with Crippen molar-refractivity contribution in [2.24, 2.45) is 4.99 Å². The Labute approximate surface area is 251 Å². The first kappa shape index (κ1) is 29.0. The molecule has 4 aromatic rings. The molecule has 2 aromatic heterocycles. The number of nitrogens with zero attached hydrogens (tertiary/aromatic N) is 3. The van der Waals surface area contributed by atoms with Gasteiger partial charge in [-0.3, -0.25) is 19.5 Å². The largest absolute Gasteiger partial charge is 0.490 e. The van der Waals surface area contributed by atoms with Crippen LogP contribution in [-0.4, -0.2) is 35.8 Å². The number of esters is 1. The van der Waals surface area contributed by atoms with Crippen molar-refractivity contribution in [1.82, 2.24) is 4.57 Å². The molecule has 216 valence electrons. The third-order valence-corrected chi connectivity index (χ3v) is 7.99. The first-order valence-corrected chi connectivity index (χ1v) is 14.4. The van der Waals surface area contributed by atoms with E-state index < -0.39 is 16.9 Å². The standard InChI is InChI=1S/C29H24BrN3O8S/c1-4-39-23-10-6-16(12-24(23)40-5-2)26-20(28(35)38-3)15-31-29-32(26)27(34)25(42-29)14-18-8-11-22(41-18)19-9-7-17(33(36)37)13-21(19)30/h6-15,26H,4-5H2,1-3H3/b25-14+/t26-/m0/s1. The Kier molecular flexibility index (Phi) is 8.41. The first-order chi connectivity index (χ1) is 20.2. The molecule has 0 saturated carbocycles. The van der Waals surface area contributed by atoms with Crippen LogP contribution in [0.2, 0.25) is 0 Å². The molecule has 0 bridgehead atoms. The van der Waals surface area contributed by atoms with E-state index in [1.807, 2.05) is 13.8 Å². The summed E-state index contributed by atoms with van der Waals surface area (Å²) in [5, 5.41) is 11.1. The molecule has 5 rings (SSSR count). The van der Waals surface area contributed by atoms with Gasteiger partial charge in [0.25, 0.3) is 11.2 Å². The molecule has 1 aliphatic heterocycles. The van der Waals surface area contributed by atoms with Gasteiger partial charge in [-0.05, 0) is 65.7 Å². The second-order valence-corrected chi connectivity index (χ2v) is 10.7. The van der Waals surface area contributed by atoms with E-state index in [0.29, 0.717) is 61.2 Å². The molecule has 0 N–H and O–H groups in total. The van der Waals surface area contributed by atoms with E-state index in [9.17, 15) is 19.7 Å². The number of nitro groups is 1. The van der Waals surface area contributed by atoms with E-state index in [4.69, 9.17) is 18.6 Å². The number of nitro benzene ring substituents is 1. The third kappa shape index (κ3) is 5.52. The molecule has 42 heavy (non-hydrogen) atoms. The first-order valence-electron chi connectivity index (χ1n) is 12.8. The maximum absolute atomic E-state index is 13.8. The predicted molar refractivity (Wildman–Crippen MR) is 158 cm³/mol. The highest BCUT2D eigenvalue weighted by molar-refractivity contribution is 9.10. The van der Waals surface area contributed by atoms with Crippen molar-refractivity contribution in [3.05, 3.63) is 106 Å². The lowest BCUT2D eigenvalue weighted by Crippen LogP contribution is -2.39. The lowest BCUT2D eigenvalue weighted by molar-refractivity contribution is -0.384. The van der Waals surface area contributed by atoms with Crippen molar-refractivity contribution in [3.63, 3.8) is 0 Å². The maximum Gasteiger partial charge on any atom is 0.337 e. The molecular weight excluding hydrogens is 630 g/mol. The topological polar surface area (TPSA) is 135 Å². The fourth-order valence-electron chi connectivity index (χ4n) is 4.51. The van der Waals surface area contributed by atoms with Crippen molar-refractivity contribution in [2.75, 3.05) is 20.3 Å². The van der Waals surface area contributed by atoms with Crippen molar-refractivity contribution < 1.29 is 28.3 Å². The number of ether oxygens (including phenoxy) is 3. The Morgan fingerprint density at radius 2 is 1.90 bits per heavy atom. The van der Waals surface area contributed by atoms with Crippen molar-refractivity contribution in [2.45, 2.75) is 19.9 Å². The minimum absolute atomic E-state index is 0.0553. The Hall–Kier alpha value is -4.49. The van der Waals surface area contributed by atoms with Crippen LogP contribution in [0.4, 0.5) is 5.69 Å². The van der Waals surface area contributed by atoms with Gasteiger partial charge in [-0.2, -0.15) is 0 Å². The number of rotatable bonds is 9. The lowest BCUT2D eigenvalue weighted by atomic mass is 9.97. The minimum atomic E-state index is -0.825. The molecule has 0 radical (unpaired) electrons. The van der Waals surface area contributed by atoms with E-state index in [0.717, 1.165) is 11.3 Å². The number of carbonyl (C=O) groups is 1. The summed E-state index contributed by atoms with van der Waals surface area (Å²) < 4.78 is 24.7. The summed E-state index contributed by atoms with van der Waals surface area (Å²) in [5.41, 5.74) is 0.987. The minimum Gasteiger partial charge on any atom is -0.490 e. The van der Waals surface area contributed by atoms with Gasteiger partial charge in [0.1, 0.15) is 11.5 Å². The summed E-state index contributed by atoms with van der Waals surface area (Å²) in [6, 6.07) is 12.2. The summed E-state index contributed by atoms with van der Waals surface area (Å²) in [5.74, 6) is 1.27. The highest BCUT2D eigenvalue weighted by Crippen LogP contribution is 2.35. The zero-order chi connectivity index (χ0) is 30.0. The highest BCUT2D eigenvalue weighted by Gasteiger charge is 2.31. The van der Waals surface area contributed by atoms with Crippen LogP contribution in [-0.2, 0) is 9.53 Å². The maximum atomic E-state index is 13.8. The molecule has 11 nitrogen and oxygen atoms in total. The number of fused-ring (bicyclic) bond motifs is 1. The smallest absolute Gasteiger partial charge is 0.337 e. The van der Waals surface area contributed by atoms with Gasteiger partial charge < -0.3 is 18.6 Å². The number of carbonyl (C=O) groups excluding carboxylic acids is 1. The Morgan fingerprint density at radius 3 is 2.60 bits per heavy atom. The second-order valence-electron chi connectivity index (χ2n) is 8.87. The van der Waals surface area contributed by atoms with Gasteiger partial charge in [-0.15, -0.1) is 0 Å². The molecule has 0 unspecified atom stereocenters. The van der Waals surface area contributed by atoms with E-state index in [1.54, 1.807) is 42.5 Å². The Bertz CT molecular complexity index is 1910. The molecule has 0 amide bonds. The molecule has 2 aromatic carbocycles. The SMILES string of the molecule is CCOc1ccc([C@H]2C(C(=O)OC)=CN=c3s/c(=C/c4ccc(-c5ccc([N+](=O)[O-])cc5Br)o4)c(=O)n32)cc1OCC. The van der Waals surface area contributed by atoms with E-state index in [1.165, 1.54) is 30.0 Å². The Morgan fingerprint density at radius 1 is 1.14 bits per heavy atom. The zero-order valence-corrected chi connectivity index (χ0v) is 25.1. The number of thiazole rings is 1. The number of methoxy groups -OCH3 is 1. The third-order valence-electron chi connectivity index (χ3n) is 6.34. The van der Waals surface area contributed by atoms with Gasteiger partial charge in [0.2, 0.25) is 0 Å². The lowest BCUT2D eigenvalue weighted by Gasteiger charge is -2.23. The zero-order valence-electron chi connectivity index (χ0n) is 22.7. The monoisotopic (exact) mass is 653 g/mol. The molecule has 0 saturated heterocycles. The van der Waals surface area contributed by atoms with Crippen LogP contribution < -0.4 is 24.4 Å². The molecule has 0 spiro atoms. The van der Waals surface area contributed by atoms with Gasteiger partial charge >= 0.3 is 5.97 Å². The summed E-state index contributed by atoms with van der Waals surface area (Å²) in [6.07, 6.45) is 3.01. The average molecular weight is 654 g/mol. The molecule has 0 aliphatic carbocycles. The molecule has 13 heteroatoms. The molecular formula is C29H24BrN3O8S. The number of non-ortho nitro benzene ring substituents is 1. The van der Waals surface area contributed by atoms with Crippen LogP contribution in [0.25, 0.3) is 17.4 Å². The highest BCUT2D eigenvalue weighted by atomic mass is 79.9. The summed E-state index contributed by atoms with van der Waals surface area (Å²) in [7, 11) is 1.27. The number of hydrogen-bond acceptors (Lipinski definition) is 10. The molecule has 1 aliphatic rings. The summed E-state index contributed by atoms with van der Waals surface area (Å²) >= 11 is 4.51. The Balaban J connectivity index is 1.59. The summed E-state index contributed by atoms with van der Waals surface area (Å²) in [6.45, 7) is 4.56. The number of halogens is 1. The van der Waals surface area contributed by atoms with Crippen molar-refractivity contribution >= 4 is 45.0 Å². The normalized spacial score (nSPS) is 14.5. The molecule has 3 heterocycles. The summed E-state index contributed by atoms with van der Waals surface area (Å²) in [4.78, 5) is 42.0. The number of furan rings is 1. The van der Waals surface area contributed by atoms with E-state index >= 15 is 0 Å². The van der Waals surface area contributed by atoms with Crippen LogP contribution in [0.3, 0.4) is 0 Å². The van der Waals surface area contributed by atoms with Gasteiger partial charge in [-0.1, -0.05) is 17.4 Å². The number of aromatic nitrogens is 1. The van der Waals surface area contributed by atoms with Crippen LogP contribution in [0.1, 0.15) is 31.2 Å². The number of hydrogen-bond donors (Lipinski definition) is 0. The van der Waals surface area contributed by atoms with E-state index in [2.05, 4.69) is 20.9 Å². The predicted octanol–water partition coefficient (Wildman–Crippen LogP) is 4.75. The van der Waals surface area contributed by atoms with E-state index in [-0.39, 0.29) is 16.8 Å². The van der Waals surface area contributed by atoms with Crippen molar-refractivity contribution in [1.29, 1.82) is 0 Å². The van der Waals surface area contributed by atoms with Crippen LogP contribution in [0.5, 0.6) is 11.5 Å². The van der Waals surface area contributed by atoms with Crippen molar-refractivity contribution in [3.8, 4) is 22.8 Å². The van der Waals surface area contributed by atoms with Crippen LogP contribution in [0, 0.1) is 10.1 Å². The average Bonchev–Trinajstić information content (AvgIpc) is 3.57. The molecule has 0 fully saturated rings.